The molecule has 0 radical (unpaired) electrons. The number of nitrogens with zero attached hydrogens (tertiary/aromatic N) is 2. The Kier molecular flexibility index (Phi) is 3.64. The number of carboxylic acids is 1. The Morgan fingerprint density at radius 1 is 1.50 bits per heavy atom. The number of rotatable bonds is 3. The molecule has 1 amide bonds. The van der Waals surface area contributed by atoms with Crippen LogP contribution < -0.4 is 0 Å². The maximum atomic E-state index is 12.0. The first-order chi connectivity index (χ1) is 8.56. The molecular formula is C12H16N2O4. The molecule has 0 bridgehead atoms. The van der Waals surface area contributed by atoms with Gasteiger partial charge in [-0.05, 0) is 19.8 Å². The third-order valence-corrected chi connectivity index (χ3v) is 3.21. The van der Waals surface area contributed by atoms with Crippen molar-refractivity contribution in [2.75, 3.05) is 13.1 Å². The summed E-state index contributed by atoms with van der Waals surface area (Å²) in [5.41, 5.74) is 0.623. The van der Waals surface area contributed by atoms with Gasteiger partial charge < -0.3 is 14.5 Å². The minimum atomic E-state index is -0.769. The minimum Gasteiger partial charge on any atom is -0.481 e. The van der Waals surface area contributed by atoms with E-state index >= 15 is 0 Å². The molecule has 98 valence electrons. The van der Waals surface area contributed by atoms with Crippen molar-refractivity contribution in [1.82, 2.24) is 10.1 Å². The second-order valence-corrected chi connectivity index (χ2v) is 4.60. The van der Waals surface area contributed by atoms with E-state index in [4.69, 9.17) is 9.63 Å². The molecule has 1 aromatic rings. The van der Waals surface area contributed by atoms with E-state index in [1.165, 1.54) is 0 Å². The predicted octanol–water partition coefficient (Wildman–Crippen LogP) is 0.849. The molecule has 18 heavy (non-hydrogen) atoms. The van der Waals surface area contributed by atoms with Gasteiger partial charge in [0.25, 0.3) is 0 Å². The summed E-state index contributed by atoms with van der Waals surface area (Å²) in [6.45, 7) is 2.79. The van der Waals surface area contributed by atoms with Gasteiger partial charge in [-0.2, -0.15) is 0 Å². The van der Waals surface area contributed by atoms with Crippen LogP contribution in [0, 0.1) is 12.8 Å². The standard InChI is InChI=1S/C12H16N2O4/c1-8-6-10(13-18-8)7-11(15)14-4-2-9(3-5-14)12(16)17/h6,9H,2-5,7H2,1H3,(H,16,17). The van der Waals surface area contributed by atoms with Gasteiger partial charge >= 0.3 is 5.97 Å². The Morgan fingerprint density at radius 2 is 2.17 bits per heavy atom. The van der Waals surface area contributed by atoms with Crippen LogP contribution in [0.1, 0.15) is 24.3 Å². The number of amides is 1. The summed E-state index contributed by atoms with van der Waals surface area (Å²) < 4.78 is 4.90. The molecule has 0 aromatic carbocycles. The molecule has 0 aliphatic carbocycles. The van der Waals surface area contributed by atoms with Crippen LogP contribution in [0.25, 0.3) is 0 Å². The largest absolute Gasteiger partial charge is 0.481 e. The van der Waals surface area contributed by atoms with Gasteiger partial charge in [0.1, 0.15) is 5.76 Å². The van der Waals surface area contributed by atoms with E-state index in [-0.39, 0.29) is 18.2 Å². The van der Waals surface area contributed by atoms with Gasteiger partial charge in [0, 0.05) is 19.2 Å². The Labute approximate surface area is 105 Å². The number of aromatic nitrogens is 1. The summed E-state index contributed by atoms with van der Waals surface area (Å²) in [7, 11) is 0. The van der Waals surface area contributed by atoms with Crippen molar-refractivity contribution in [1.29, 1.82) is 0 Å². The summed E-state index contributed by atoms with van der Waals surface area (Å²) in [5.74, 6) is -0.424. The van der Waals surface area contributed by atoms with Crippen molar-refractivity contribution in [2.45, 2.75) is 26.2 Å². The van der Waals surface area contributed by atoms with E-state index in [9.17, 15) is 9.59 Å². The van der Waals surface area contributed by atoms with Crippen molar-refractivity contribution in [3.05, 3.63) is 17.5 Å². The molecule has 0 unspecified atom stereocenters. The number of aryl methyl sites for hydroxylation is 1. The fourth-order valence-corrected chi connectivity index (χ4v) is 2.14. The minimum absolute atomic E-state index is 0.0212. The van der Waals surface area contributed by atoms with Crippen LogP contribution in [0.15, 0.2) is 10.6 Å². The number of aliphatic carboxylic acids is 1. The SMILES string of the molecule is Cc1cc(CC(=O)N2CCC(C(=O)O)CC2)no1. The lowest BCUT2D eigenvalue weighted by molar-refractivity contribution is -0.145. The highest BCUT2D eigenvalue weighted by molar-refractivity contribution is 5.79. The van der Waals surface area contributed by atoms with Gasteiger partial charge in [-0.3, -0.25) is 9.59 Å². The second-order valence-electron chi connectivity index (χ2n) is 4.60. The monoisotopic (exact) mass is 252 g/mol. The third-order valence-electron chi connectivity index (χ3n) is 3.21. The summed E-state index contributed by atoms with van der Waals surface area (Å²) in [5, 5.41) is 12.7. The average Bonchev–Trinajstić information content (AvgIpc) is 2.75. The van der Waals surface area contributed by atoms with Crippen molar-refractivity contribution in [2.24, 2.45) is 5.92 Å². The van der Waals surface area contributed by atoms with Gasteiger partial charge in [-0.25, -0.2) is 0 Å². The van der Waals surface area contributed by atoms with Crippen LogP contribution in [-0.2, 0) is 16.0 Å². The fraction of sp³-hybridized carbons (Fsp3) is 0.583. The molecule has 0 saturated carbocycles. The van der Waals surface area contributed by atoms with Crippen LogP contribution in [0.3, 0.4) is 0 Å². The summed E-state index contributed by atoms with van der Waals surface area (Å²) >= 11 is 0. The second kappa shape index (κ2) is 5.20. The third kappa shape index (κ3) is 2.88. The topological polar surface area (TPSA) is 83.6 Å². The predicted molar refractivity (Wildman–Crippen MR) is 61.9 cm³/mol. The first kappa shape index (κ1) is 12.6. The van der Waals surface area contributed by atoms with E-state index in [0.29, 0.717) is 37.4 Å². The highest BCUT2D eigenvalue weighted by Gasteiger charge is 2.27. The van der Waals surface area contributed by atoms with E-state index < -0.39 is 5.97 Å². The molecule has 1 saturated heterocycles. The van der Waals surface area contributed by atoms with Crippen LogP contribution >= 0.6 is 0 Å². The van der Waals surface area contributed by atoms with Crippen molar-refractivity contribution < 1.29 is 19.2 Å². The van der Waals surface area contributed by atoms with E-state index in [1.807, 2.05) is 0 Å². The molecule has 0 spiro atoms. The summed E-state index contributed by atoms with van der Waals surface area (Å²) in [6.07, 6.45) is 1.27. The van der Waals surface area contributed by atoms with Gasteiger partial charge in [0.2, 0.25) is 5.91 Å². The Hall–Kier alpha value is -1.85. The highest BCUT2D eigenvalue weighted by Crippen LogP contribution is 2.18. The zero-order chi connectivity index (χ0) is 13.1. The van der Waals surface area contributed by atoms with Crippen LogP contribution in [-0.4, -0.2) is 40.1 Å². The van der Waals surface area contributed by atoms with Crippen molar-refractivity contribution in [3.63, 3.8) is 0 Å². The molecule has 6 nitrogen and oxygen atoms in total. The smallest absolute Gasteiger partial charge is 0.306 e. The van der Waals surface area contributed by atoms with E-state index in [0.717, 1.165) is 0 Å². The number of likely N-dealkylation sites (tertiary alicyclic amines) is 1. The lowest BCUT2D eigenvalue weighted by Crippen LogP contribution is -2.41. The number of hydrogen-bond acceptors (Lipinski definition) is 4. The van der Waals surface area contributed by atoms with Crippen molar-refractivity contribution in [3.8, 4) is 0 Å². The molecule has 1 aromatic heterocycles. The quantitative estimate of drug-likeness (QED) is 0.862. The zero-order valence-corrected chi connectivity index (χ0v) is 10.3. The van der Waals surface area contributed by atoms with Gasteiger partial charge in [0.05, 0.1) is 18.0 Å². The maximum Gasteiger partial charge on any atom is 0.306 e. The molecule has 2 heterocycles. The maximum absolute atomic E-state index is 12.0. The molecule has 1 aliphatic heterocycles. The molecule has 0 atom stereocenters. The fourth-order valence-electron chi connectivity index (χ4n) is 2.14. The number of hydrogen-bond donors (Lipinski definition) is 1. The summed E-state index contributed by atoms with van der Waals surface area (Å²) in [4.78, 5) is 24.4. The lowest BCUT2D eigenvalue weighted by Gasteiger charge is -2.29. The number of carbonyl (C=O) groups is 2. The number of carboxylic acid groups (broad SMARTS) is 1. The Balaban J connectivity index is 1.86. The molecule has 1 fully saturated rings. The molecule has 2 rings (SSSR count). The first-order valence-corrected chi connectivity index (χ1v) is 5.99. The van der Waals surface area contributed by atoms with E-state index in [1.54, 1.807) is 17.9 Å². The average molecular weight is 252 g/mol. The first-order valence-electron chi connectivity index (χ1n) is 5.99. The van der Waals surface area contributed by atoms with Crippen LogP contribution in [0.2, 0.25) is 0 Å². The molecule has 6 heteroatoms. The lowest BCUT2D eigenvalue weighted by atomic mass is 9.97. The Morgan fingerprint density at radius 3 is 2.67 bits per heavy atom. The van der Waals surface area contributed by atoms with Crippen LogP contribution in [0.5, 0.6) is 0 Å². The summed E-state index contributed by atoms with van der Waals surface area (Å²) in [6, 6.07) is 1.74. The van der Waals surface area contributed by atoms with Gasteiger partial charge in [0.15, 0.2) is 0 Å². The number of carbonyl (C=O) groups excluding carboxylic acids is 1. The van der Waals surface area contributed by atoms with Gasteiger partial charge in [-0.15, -0.1) is 0 Å². The molecular weight excluding hydrogens is 236 g/mol. The molecule has 1 aliphatic rings. The number of piperidine rings is 1. The zero-order valence-electron chi connectivity index (χ0n) is 10.3. The van der Waals surface area contributed by atoms with E-state index in [2.05, 4.69) is 5.16 Å². The van der Waals surface area contributed by atoms with Crippen LogP contribution in [0.4, 0.5) is 0 Å². The highest BCUT2D eigenvalue weighted by atomic mass is 16.5. The normalized spacial score (nSPS) is 16.8. The molecule has 1 N–H and O–H groups in total. The van der Waals surface area contributed by atoms with Gasteiger partial charge in [-0.1, -0.05) is 5.16 Å². The van der Waals surface area contributed by atoms with Crippen molar-refractivity contribution >= 4 is 11.9 Å². The Bertz CT molecular complexity index is 447.